The topological polar surface area (TPSA) is 130 Å². The van der Waals surface area contributed by atoms with Crippen molar-refractivity contribution in [1.82, 2.24) is 25.6 Å². The molecule has 0 atom stereocenters. The molecular weight excluding hydrogens is 574 g/mol. The molecular formula is C25H18Cl2F3N7O3. The SMILES string of the molecule is Cc1cc(Cl)cc(C(=O)NNC(=O)Nc2ccccc2)c1NC(=O)c1cc(C(F)(F)F)nn1-c1ncccc1Cl. The first kappa shape index (κ1) is 28.4. The molecule has 0 bridgehead atoms. The van der Waals surface area contributed by atoms with E-state index in [2.05, 4.69) is 31.6 Å². The van der Waals surface area contributed by atoms with E-state index in [1.807, 2.05) is 0 Å². The van der Waals surface area contributed by atoms with Crippen LogP contribution in [0.1, 0.15) is 32.1 Å². The molecule has 0 aliphatic heterocycles. The Hall–Kier alpha value is -4.62. The van der Waals surface area contributed by atoms with Gasteiger partial charge in [0.15, 0.2) is 11.5 Å². The lowest BCUT2D eigenvalue weighted by Crippen LogP contribution is -2.44. The van der Waals surface area contributed by atoms with Crippen molar-refractivity contribution in [3.63, 3.8) is 0 Å². The Balaban J connectivity index is 1.62. The third kappa shape index (κ3) is 6.50. The molecule has 0 saturated heterocycles. The number of benzene rings is 2. The summed E-state index contributed by atoms with van der Waals surface area (Å²) in [5.41, 5.74) is 2.94. The lowest BCUT2D eigenvalue weighted by molar-refractivity contribution is -0.141. The predicted molar refractivity (Wildman–Crippen MR) is 142 cm³/mol. The van der Waals surface area contributed by atoms with Crippen LogP contribution in [0.2, 0.25) is 10.0 Å². The molecule has 10 nitrogen and oxygen atoms in total. The molecule has 0 spiro atoms. The minimum absolute atomic E-state index is 0.0593. The van der Waals surface area contributed by atoms with E-state index in [-0.39, 0.29) is 27.1 Å². The van der Waals surface area contributed by atoms with E-state index in [4.69, 9.17) is 23.2 Å². The molecule has 0 unspecified atom stereocenters. The van der Waals surface area contributed by atoms with Crippen LogP contribution in [0.3, 0.4) is 0 Å². The molecule has 206 valence electrons. The number of nitrogens with zero attached hydrogens (tertiary/aromatic N) is 3. The summed E-state index contributed by atoms with van der Waals surface area (Å²) in [5, 5.41) is 8.49. The minimum atomic E-state index is -4.88. The number of alkyl halides is 3. The van der Waals surface area contributed by atoms with Gasteiger partial charge in [0.05, 0.1) is 16.3 Å². The lowest BCUT2D eigenvalue weighted by Gasteiger charge is -2.16. The van der Waals surface area contributed by atoms with Crippen LogP contribution in [-0.4, -0.2) is 32.6 Å². The maximum absolute atomic E-state index is 13.5. The number of halogens is 5. The van der Waals surface area contributed by atoms with E-state index in [0.717, 1.165) is 0 Å². The summed E-state index contributed by atoms with van der Waals surface area (Å²) >= 11 is 12.2. The minimum Gasteiger partial charge on any atom is -0.320 e. The Morgan fingerprint density at radius 1 is 0.900 bits per heavy atom. The van der Waals surface area contributed by atoms with Crippen LogP contribution >= 0.6 is 23.2 Å². The number of pyridine rings is 1. The number of aromatic nitrogens is 3. The standard InChI is InChI=1S/C25H18Cl2F3N7O3/c1-13-10-14(26)11-16(22(38)34-35-24(40)32-15-6-3-2-4-7-15)20(13)33-23(39)18-12-19(25(28,29)30)36-37(18)21-17(27)8-5-9-31-21/h2-12H,1H3,(H,33,39)(H,34,38)(H2,32,35,40). The number of hydrogen-bond donors (Lipinski definition) is 4. The van der Waals surface area contributed by atoms with Crippen LogP contribution in [0.25, 0.3) is 5.82 Å². The zero-order valence-corrected chi connectivity index (χ0v) is 21.8. The van der Waals surface area contributed by atoms with Gasteiger partial charge in [-0.1, -0.05) is 41.4 Å². The first-order chi connectivity index (χ1) is 18.9. The quantitative estimate of drug-likeness (QED) is 0.224. The number of amides is 4. The molecule has 0 fully saturated rings. The summed E-state index contributed by atoms with van der Waals surface area (Å²) in [5.74, 6) is -2.15. The largest absolute Gasteiger partial charge is 0.435 e. The number of urea groups is 1. The van der Waals surface area contributed by atoms with E-state index in [9.17, 15) is 27.6 Å². The van der Waals surface area contributed by atoms with E-state index in [1.165, 1.54) is 37.4 Å². The Morgan fingerprint density at radius 2 is 1.62 bits per heavy atom. The van der Waals surface area contributed by atoms with Crippen molar-refractivity contribution >= 4 is 52.4 Å². The van der Waals surface area contributed by atoms with E-state index < -0.39 is 35.4 Å². The first-order valence-electron chi connectivity index (χ1n) is 11.3. The predicted octanol–water partition coefficient (Wildman–Crippen LogP) is 5.62. The van der Waals surface area contributed by atoms with Crippen LogP contribution < -0.4 is 21.5 Å². The number of hydrazine groups is 1. The van der Waals surface area contributed by atoms with Crippen LogP contribution in [0.4, 0.5) is 29.3 Å². The number of nitrogens with one attached hydrogen (secondary N) is 4. The fourth-order valence-electron chi connectivity index (χ4n) is 3.51. The highest BCUT2D eigenvalue weighted by atomic mass is 35.5. The number of aryl methyl sites for hydroxylation is 1. The molecule has 0 aliphatic rings. The molecule has 40 heavy (non-hydrogen) atoms. The molecule has 2 aromatic carbocycles. The van der Waals surface area contributed by atoms with Gasteiger partial charge in [-0.15, -0.1) is 0 Å². The molecule has 0 radical (unpaired) electrons. The van der Waals surface area contributed by atoms with Crippen molar-refractivity contribution in [3.05, 3.63) is 99.4 Å². The van der Waals surface area contributed by atoms with Crippen LogP contribution in [0.15, 0.2) is 66.9 Å². The van der Waals surface area contributed by atoms with Gasteiger partial charge < -0.3 is 10.6 Å². The van der Waals surface area contributed by atoms with Gasteiger partial charge in [0.1, 0.15) is 5.69 Å². The summed E-state index contributed by atoms with van der Waals surface area (Å²) in [7, 11) is 0. The van der Waals surface area contributed by atoms with Crippen LogP contribution in [0, 0.1) is 6.92 Å². The lowest BCUT2D eigenvalue weighted by atomic mass is 10.1. The van der Waals surface area contributed by atoms with Gasteiger partial charge in [-0.2, -0.15) is 18.3 Å². The van der Waals surface area contributed by atoms with E-state index in [1.54, 1.807) is 30.3 Å². The highest BCUT2D eigenvalue weighted by Crippen LogP contribution is 2.31. The van der Waals surface area contributed by atoms with Crippen molar-refractivity contribution in [3.8, 4) is 5.82 Å². The smallest absolute Gasteiger partial charge is 0.320 e. The van der Waals surface area contributed by atoms with Gasteiger partial charge in [-0.3, -0.25) is 15.0 Å². The van der Waals surface area contributed by atoms with Gasteiger partial charge in [-0.25, -0.2) is 19.9 Å². The summed E-state index contributed by atoms with van der Waals surface area (Å²) in [4.78, 5) is 42.3. The van der Waals surface area contributed by atoms with Gasteiger partial charge >= 0.3 is 12.2 Å². The number of anilines is 2. The van der Waals surface area contributed by atoms with Gasteiger partial charge in [0.25, 0.3) is 11.8 Å². The summed E-state index contributed by atoms with van der Waals surface area (Å²) < 4.78 is 41.1. The second-order valence-electron chi connectivity index (χ2n) is 8.13. The molecule has 2 aromatic heterocycles. The molecule has 15 heteroatoms. The monoisotopic (exact) mass is 591 g/mol. The average molecular weight is 592 g/mol. The van der Waals surface area contributed by atoms with Gasteiger partial charge in [0.2, 0.25) is 0 Å². The van der Waals surface area contributed by atoms with Gasteiger partial charge in [0, 0.05) is 23.0 Å². The van der Waals surface area contributed by atoms with Crippen LogP contribution in [0.5, 0.6) is 0 Å². The fourth-order valence-corrected chi connectivity index (χ4v) is 3.98. The summed E-state index contributed by atoms with van der Waals surface area (Å²) in [6.45, 7) is 1.52. The zero-order valence-electron chi connectivity index (χ0n) is 20.3. The Morgan fingerprint density at radius 3 is 2.30 bits per heavy atom. The Bertz CT molecular complexity index is 1590. The van der Waals surface area contributed by atoms with Crippen molar-refractivity contribution in [2.75, 3.05) is 10.6 Å². The third-order valence-electron chi connectivity index (χ3n) is 5.28. The summed E-state index contributed by atoms with van der Waals surface area (Å²) in [6.07, 6.45) is -3.61. The number of para-hydroxylation sites is 1. The normalized spacial score (nSPS) is 11.1. The average Bonchev–Trinajstić information content (AvgIpc) is 3.36. The molecule has 4 aromatic rings. The molecule has 2 heterocycles. The van der Waals surface area contributed by atoms with Crippen molar-refractivity contribution < 1.29 is 27.6 Å². The Kier molecular flexibility index (Phi) is 8.26. The fraction of sp³-hybridized carbons (Fsp3) is 0.0800. The number of rotatable bonds is 5. The van der Waals surface area contributed by atoms with Crippen molar-refractivity contribution in [1.29, 1.82) is 0 Å². The number of carbonyl (C=O) groups is 3. The molecule has 4 rings (SSSR count). The molecule has 0 aliphatic carbocycles. The second kappa shape index (κ2) is 11.6. The highest BCUT2D eigenvalue weighted by molar-refractivity contribution is 6.32. The third-order valence-corrected chi connectivity index (χ3v) is 5.79. The van der Waals surface area contributed by atoms with E-state index >= 15 is 0 Å². The van der Waals surface area contributed by atoms with Gasteiger partial charge in [-0.05, 0) is 48.9 Å². The van der Waals surface area contributed by atoms with Crippen LogP contribution in [-0.2, 0) is 6.18 Å². The second-order valence-corrected chi connectivity index (χ2v) is 8.98. The first-order valence-corrected chi connectivity index (χ1v) is 12.0. The highest BCUT2D eigenvalue weighted by Gasteiger charge is 2.37. The molecule has 4 N–H and O–H groups in total. The molecule has 0 saturated carbocycles. The van der Waals surface area contributed by atoms with E-state index in [0.29, 0.717) is 22.0 Å². The zero-order chi connectivity index (χ0) is 29.0. The Labute approximate surface area is 234 Å². The summed E-state index contributed by atoms with van der Waals surface area (Å²) in [6, 6.07) is 13.6. The van der Waals surface area contributed by atoms with Crippen molar-refractivity contribution in [2.24, 2.45) is 0 Å². The maximum Gasteiger partial charge on any atom is 0.435 e. The molecule has 4 amide bonds. The number of hydrogen-bond acceptors (Lipinski definition) is 5. The number of carbonyl (C=O) groups excluding carboxylic acids is 3. The van der Waals surface area contributed by atoms with Crippen molar-refractivity contribution in [2.45, 2.75) is 13.1 Å². The maximum atomic E-state index is 13.5.